The Balaban J connectivity index is 1.92. The van der Waals surface area contributed by atoms with Crippen LogP contribution in [0.25, 0.3) is 10.6 Å². The van der Waals surface area contributed by atoms with Crippen molar-refractivity contribution in [1.82, 2.24) is 5.32 Å². The molecule has 0 spiro atoms. The van der Waals surface area contributed by atoms with Gasteiger partial charge in [0.2, 0.25) is 0 Å². The van der Waals surface area contributed by atoms with Crippen molar-refractivity contribution in [2.75, 3.05) is 19.7 Å². The highest BCUT2D eigenvalue weighted by atomic mass is 35.5. The summed E-state index contributed by atoms with van der Waals surface area (Å²) in [5.41, 5.74) is 4.17. The molecule has 0 aliphatic heterocycles. The lowest BCUT2D eigenvalue weighted by molar-refractivity contribution is 0.315. The number of hydrogen-bond donors (Lipinski definition) is 1. The number of hydrogen-bond acceptors (Lipinski definition) is 2. The van der Waals surface area contributed by atoms with Gasteiger partial charge < -0.3 is 10.1 Å². The van der Waals surface area contributed by atoms with Crippen molar-refractivity contribution >= 4 is 22.2 Å². The van der Waals surface area contributed by atoms with Gasteiger partial charge in [-0.2, -0.15) is 0 Å². The molecule has 0 atom stereocenters. The van der Waals surface area contributed by atoms with E-state index >= 15 is 0 Å². The van der Waals surface area contributed by atoms with Gasteiger partial charge in [-0.25, -0.2) is 0 Å². The molecule has 0 bridgehead atoms. The summed E-state index contributed by atoms with van der Waals surface area (Å²) in [4.78, 5) is 0. The molecule has 0 amide bonds. The minimum Gasteiger partial charge on any atom is -0.492 e. The van der Waals surface area contributed by atoms with Gasteiger partial charge in [0.05, 0.1) is 5.03 Å². The van der Waals surface area contributed by atoms with Crippen LogP contribution in [0.2, 0.25) is 0 Å². The molecule has 3 aromatic carbocycles. The standard InChI is InChI=1S/C24H24ClNO/c1-2-26-17-18-27-22-15-13-20(14-16-22)23(19-9-5-3-6-10-19)24(25)21-11-7-4-8-12-21/h3-16,26H,2,17-18H2,1H3. The lowest BCUT2D eigenvalue weighted by Gasteiger charge is -2.13. The zero-order valence-corrected chi connectivity index (χ0v) is 16.2. The van der Waals surface area contributed by atoms with Gasteiger partial charge in [-0.05, 0) is 35.4 Å². The molecular weight excluding hydrogens is 354 g/mol. The maximum absolute atomic E-state index is 6.84. The Morgan fingerprint density at radius 1 is 0.778 bits per heavy atom. The Labute approximate surface area is 166 Å². The fraction of sp³-hybridized carbons (Fsp3) is 0.167. The van der Waals surface area contributed by atoms with E-state index < -0.39 is 0 Å². The molecule has 0 aliphatic carbocycles. The molecule has 0 radical (unpaired) electrons. The molecule has 0 fully saturated rings. The van der Waals surface area contributed by atoms with Crippen LogP contribution in [-0.4, -0.2) is 19.7 Å². The van der Waals surface area contributed by atoms with Gasteiger partial charge in [0.25, 0.3) is 0 Å². The topological polar surface area (TPSA) is 21.3 Å². The number of halogens is 1. The Hall–Kier alpha value is -2.55. The summed E-state index contributed by atoms with van der Waals surface area (Å²) in [6, 6.07) is 28.4. The molecule has 0 aromatic heterocycles. The first-order valence-corrected chi connectivity index (χ1v) is 9.62. The smallest absolute Gasteiger partial charge is 0.119 e. The van der Waals surface area contributed by atoms with Gasteiger partial charge >= 0.3 is 0 Å². The lowest BCUT2D eigenvalue weighted by Crippen LogP contribution is -2.20. The number of nitrogens with one attached hydrogen (secondary N) is 1. The Morgan fingerprint density at radius 3 is 1.93 bits per heavy atom. The highest BCUT2D eigenvalue weighted by molar-refractivity contribution is 6.53. The summed E-state index contributed by atoms with van der Waals surface area (Å²) < 4.78 is 5.78. The fourth-order valence-corrected chi connectivity index (χ4v) is 3.23. The van der Waals surface area contributed by atoms with Gasteiger partial charge in [0.1, 0.15) is 12.4 Å². The summed E-state index contributed by atoms with van der Waals surface area (Å²) >= 11 is 6.84. The van der Waals surface area contributed by atoms with Crippen molar-refractivity contribution in [3.8, 4) is 5.75 Å². The Bertz CT molecular complexity index is 858. The quantitative estimate of drug-likeness (QED) is 0.394. The van der Waals surface area contributed by atoms with Gasteiger partial charge in [-0.3, -0.25) is 0 Å². The predicted octanol–water partition coefficient (Wildman–Crippen LogP) is 5.83. The number of ether oxygens (including phenoxy) is 1. The van der Waals surface area contributed by atoms with Gasteiger partial charge in [0, 0.05) is 12.1 Å². The van der Waals surface area contributed by atoms with E-state index in [1.165, 1.54) is 0 Å². The molecule has 138 valence electrons. The first-order chi connectivity index (χ1) is 13.3. The third-order valence-corrected chi connectivity index (χ3v) is 4.66. The summed E-state index contributed by atoms with van der Waals surface area (Å²) in [5.74, 6) is 0.861. The van der Waals surface area contributed by atoms with E-state index in [0.29, 0.717) is 6.61 Å². The second-order valence-electron chi connectivity index (χ2n) is 6.15. The third kappa shape index (κ3) is 5.22. The second-order valence-corrected chi connectivity index (χ2v) is 6.53. The predicted molar refractivity (Wildman–Crippen MR) is 115 cm³/mol. The van der Waals surface area contributed by atoms with E-state index in [9.17, 15) is 0 Å². The van der Waals surface area contributed by atoms with Crippen molar-refractivity contribution in [2.45, 2.75) is 6.92 Å². The molecule has 3 aromatic rings. The van der Waals surface area contributed by atoms with Crippen LogP contribution in [0.1, 0.15) is 23.6 Å². The van der Waals surface area contributed by atoms with E-state index in [-0.39, 0.29) is 0 Å². The first kappa shape index (κ1) is 19.2. The highest BCUT2D eigenvalue weighted by Crippen LogP contribution is 2.35. The van der Waals surface area contributed by atoms with Crippen molar-refractivity contribution in [3.05, 3.63) is 102 Å². The van der Waals surface area contributed by atoms with Crippen LogP contribution in [-0.2, 0) is 0 Å². The van der Waals surface area contributed by atoms with Crippen LogP contribution >= 0.6 is 11.6 Å². The van der Waals surface area contributed by atoms with Crippen molar-refractivity contribution in [1.29, 1.82) is 0 Å². The molecule has 0 heterocycles. The first-order valence-electron chi connectivity index (χ1n) is 9.24. The Kier molecular flexibility index (Phi) is 7.09. The van der Waals surface area contributed by atoms with Crippen molar-refractivity contribution in [2.24, 2.45) is 0 Å². The van der Waals surface area contributed by atoms with E-state index in [2.05, 4.69) is 36.5 Å². The number of likely N-dealkylation sites (N-methyl/N-ethyl adjacent to an activating group) is 1. The second kappa shape index (κ2) is 9.96. The van der Waals surface area contributed by atoms with Crippen molar-refractivity contribution in [3.63, 3.8) is 0 Å². The van der Waals surface area contributed by atoms with Crippen LogP contribution in [0, 0.1) is 0 Å². The van der Waals surface area contributed by atoms with Crippen LogP contribution < -0.4 is 10.1 Å². The minimum atomic E-state index is 0.652. The summed E-state index contributed by atoms with van der Waals surface area (Å²) in [6.07, 6.45) is 0. The largest absolute Gasteiger partial charge is 0.492 e. The van der Waals surface area contributed by atoms with Crippen LogP contribution in [0.3, 0.4) is 0 Å². The molecule has 0 saturated carbocycles. The molecule has 1 N–H and O–H groups in total. The van der Waals surface area contributed by atoms with E-state index in [0.717, 1.165) is 46.1 Å². The average molecular weight is 378 g/mol. The van der Waals surface area contributed by atoms with Crippen LogP contribution in [0.5, 0.6) is 5.75 Å². The molecule has 3 rings (SSSR count). The van der Waals surface area contributed by atoms with E-state index in [1.807, 2.05) is 60.7 Å². The number of benzene rings is 3. The van der Waals surface area contributed by atoms with Gasteiger partial charge in [0.15, 0.2) is 0 Å². The van der Waals surface area contributed by atoms with E-state index in [4.69, 9.17) is 16.3 Å². The molecule has 0 saturated heterocycles. The van der Waals surface area contributed by atoms with E-state index in [1.54, 1.807) is 0 Å². The summed E-state index contributed by atoms with van der Waals surface area (Å²) in [6.45, 7) is 4.53. The highest BCUT2D eigenvalue weighted by Gasteiger charge is 2.12. The normalized spacial score (nSPS) is 11.8. The molecule has 27 heavy (non-hydrogen) atoms. The van der Waals surface area contributed by atoms with Crippen LogP contribution in [0.15, 0.2) is 84.9 Å². The maximum Gasteiger partial charge on any atom is 0.119 e. The van der Waals surface area contributed by atoms with Gasteiger partial charge in [-0.15, -0.1) is 0 Å². The van der Waals surface area contributed by atoms with Crippen LogP contribution in [0.4, 0.5) is 0 Å². The monoisotopic (exact) mass is 377 g/mol. The SMILES string of the molecule is CCNCCOc1ccc(C(=C(Cl)c2ccccc2)c2ccccc2)cc1. The molecule has 0 unspecified atom stereocenters. The zero-order valence-electron chi connectivity index (χ0n) is 15.5. The molecule has 0 aliphatic rings. The third-order valence-electron chi connectivity index (χ3n) is 4.25. The zero-order chi connectivity index (χ0) is 18.9. The fourth-order valence-electron chi connectivity index (χ4n) is 2.89. The molecular formula is C24H24ClNO. The number of rotatable bonds is 8. The van der Waals surface area contributed by atoms with Gasteiger partial charge in [-0.1, -0.05) is 91.3 Å². The molecule has 2 nitrogen and oxygen atoms in total. The molecule has 3 heteroatoms. The summed E-state index contributed by atoms with van der Waals surface area (Å²) in [7, 11) is 0. The average Bonchev–Trinajstić information content (AvgIpc) is 2.74. The Morgan fingerprint density at radius 2 is 1.33 bits per heavy atom. The van der Waals surface area contributed by atoms with Crippen molar-refractivity contribution < 1.29 is 4.74 Å². The minimum absolute atomic E-state index is 0.652. The lowest BCUT2D eigenvalue weighted by atomic mass is 9.95. The summed E-state index contributed by atoms with van der Waals surface area (Å²) in [5, 5.41) is 3.99. The maximum atomic E-state index is 6.84.